The predicted molar refractivity (Wildman–Crippen MR) is 69.3 cm³/mol. The normalized spacial score (nSPS) is 10.3. The van der Waals surface area contributed by atoms with E-state index >= 15 is 0 Å². The van der Waals surface area contributed by atoms with Crippen LogP contribution in [-0.4, -0.2) is 9.91 Å². The molecule has 1 N–H and O–H groups in total. The fourth-order valence-electron chi connectivity index (χ4n) is 1.75. The van der Waals surface area contributed by atoms with Crippen molar-refractivity contribution in [2.45, 2.75) is 13.5 Å². The van der Waals surface area contributed by atoms with Gasteiger partial charge in [0.2, 0.25) is 5.82 Å². The molecule has 0 fully saturated rings. The van der Waals surface area contributed by atoms with Gasteiger partial charge in [-0.05, 0) is 30.7 Å². The summed E-state index contributed by atoms with van der Waals surface area (Å²) in [5, 5.41) is 13.7. The van der Waals surface area contributed by atoms with Gasteiger partial charge < -0.3 is 5.32 Å². The number of pyridine rings is 1. The number of rotatable bonds is 4. The van der Waals surface area contributed by atoms with Crippen LogP contribution >= 0.6 is 0 Å². The number of nitro groups is 1. The number of nitrogens with zero attached hydrogens (tertiary/aromatic N) is 2. The van der Waals surface area contributed by atoms with Crippen LogP contribution in [0.4, 0.5) is 20.3 Å². The maximum Gasteiger partial charge on any atom is 0.314 e. The van der Waals surface area contributed by atoms with Crippen molar-refractivity contribution in [3.8, 4) is 0 Å². The lowest BCUT2D eigenvalue weighted by atomic mass is 10.2. The largest absolute Gasteiger partial charge is 0.360 e. The Labute approximate surface area is 113 Å². The molecular weight excluding hydrogens is 268 g/mol. The number of halogens is 2. The molecule has 0 saturated heterocycles. The molecule has 0 aliphatic carbocycles. The fourth-order valence-corrected chi connectivity index (χ4v) is 1.75. The maximum atomic E-state index is 13.0. The fraction of sp³-hybridized carbons (Fsp3) is 0.154. The van der Waals surface area contributed by atoms with Gasteiger partial charge in [0, 0.05) is 18.3 Å². The molecule has 0 aliphatic heterocycles. The first kappa shape index (κ1) is 13.9. The summed E-state index contributed by atoms with van der Waals surface area (Å²) in [5.41, 5.74) is 0.800. The average molecular weight is 279 g/mol. The summed E-state index contributed by atoms with van der Waals surface area (Å²) in [5.74, 6) is -1.80. The van der Waals surface area contributed by atoms with E-state index in [1.807, 2.05) is 0 Å². The minimum atomic E-state index is -0.962. The van der Waals surface area contributed by atoms with E-state index < -0.39 is 16.6 Å². The lowest BCUT2D eigenvalue weighted by Gasteiger charge is -2.07. The molecule has 0 unspecified atom stereocenters. The van der Waals surface area contributed by atoms with Crippen LogP contribution < -0.4 is 5.32 Å². The second-order valence-corrected chi connectivity index (χ2v) is 4.18. The third-order valence-electron chi connectivity index (χ3n) is 2.75. The van der Waals surface area contributed by atoms with Gasteiger partial charge in [-0.2, -0.15) is 0 Å². The zero-order chi connectivity index (χ0) is 14.7. The van der Waals surface area contributed by atoms with Crippen molar-refractivity contribution in [1.82, 2.24) is 4.98 Å². The van der Waals surface area contributed by atoms with Crippen molar-refractivity contribution in [2.24, 2.45) is 0 Å². The van der Waals surface area contributed by atoms with Gasteiger partial charge in [0.05, 0.1) is 4.92 Å². The molecule has 1 heterocycles. The highest BCUT2D eigenvalue weighted by molar-refractivity contribution is 5.59. The summed E-state index contributed by atoms with van der Waals surface area (Å²) >= 11 is 0. The van der Waals surface area contributed by atoms with Crippen LogP contribution in [0.3, 0.4) is 0 Å². The first-order chi connectivity index (χ1) is 9.49. The van der Waals surface area contributed by atoms with Crippen LogP contribution in [-0.2, 0) is 6.54 Å². The molecule has 0 amide bonds. The van der Waals surface area contributed by atoms with E-state index in [2.05, 4.69) is 10.3 Å². The Hall–Kier alpha value is -2.57. The Morgan fingerprint density at radius 1 is 1.30 bits per heavy atom. The van der Waals surface area contributed by atoms with E-state index in [1.54, 1.807) is 6.92 Å². The number of benzene rings is 1. The highest BCUT2D eigenvalue weighted by Crippen LogP contribution is 2.25. The van der Waals surface area contributed by atoms with E-state index in [0.29, 0.717) is 11.1 Å². The van der Waals surface area contributed by atoms with E-state index in [-0.39, 0.29) is 18.1 Å². The van der Waals surface area contributed by atoms with Gasteiger partial charge in [0.15, 0.2) is 11.6 Å². The third kappa shape index (κ3) is 2.87. The topological polar surface area (TPSA) is 68.1 Å². The third-order valence-corrected chi connectivity index (χ3v) is 2.75. The van der Waals surface area contributed by atoms with Crippen LogP contribution in [0.1, 0.15) is 11.1 Å². The molecule has 0 spiro atoms. The summed E-state index contributed by atoms with van der Waals surface area (Å²) in [4.78, 5) is 14.3. The van der Waals surface area contributed by atoms with Gasteiger partial charge in [0.1, 0.15) is 0 Å². The summed E-state index contributed by atoms with van der Waals surface area (Å²) in [6, 6.07) is 4.96. The molecule has 5 nitrogen and oxygen atoms in total. The zero-order valence-corrected chi connectivity index (χ0v) is 10.6. The highest BCUT2D eigenvalue weighted by atomic mass is 19.2. The first-order valence-electron chi connectivity index (χ1n) is 5.77. The molecule has 104 valence electrons. The van der Waals surface area contributed by atoms with E-state index in [4.69, 9.17) is 0 Å². The van der Waals surface area contributed by atoms with Crippen molar-refractivity contribution in [1.29, 1.82) is 0 Å². The number of nitrogens with one attached hydrogen (secondary N) is 1. The second kappa shape index (κ2) is 5.60. The van der Waals surface area contributed by atoms with E-state index in [0.717, 1.165) is 12.1 Å². The molecule has 2 aromatic rings. The summed E-state index contributed by atoms with van der Waals surface area (Å²) in [6.45, 7) is 1.71. The lowest BCUT2D eigenvalue weighted by Crippen LogP contribution is -2.06. The van der Waals surface area contributed by atoms with Crippen LogP contribution in [0.25, 0.3) is 0 Å². The molecule has 1 aromatic heterocycles. The van der Waals surface area contributed by atoms with Crippen molar-refractivity contribution >= 4 is 11.5 Å². The van der Waals surface area contributed by atoms with Gasteiger partial charge in [0.25, 0.3) is 0 Å². The first-order valence-corrected chi connectivity index (χ1v) is 5.77. The van der Waals surface area contributed by atoms with Crippen LogP contribution in [0.15, 0.2) is 30.5 Å². The van der Waals surface area contributed by atoms with E-state index in [1.165, 1.54) is 18.3 Å². The van der Waals surface area contributed by atoms with Gasteiger partial charge in [-0.3, -0.25) is 10.1 Å². The summed E-state index contributed by atoms with van der Waals surface area (Å²) in [7, 11) is 0. The zero-order valence-electron chi connectivity index (χ0n) is 10.6. The molecule has 20 heavy (non-hydrogen) atoms. The molecular formula is C13H11F2N3O2. The predicted octanol–water partition coefficient (Wildman–Crippen LogP) is 3.19. The van der Waals surface area contributed by atoms with Crippen LogP contribution in [0.2, 0.25) is 0 Å². The van der Waals surface area contributed by atoms with Crippen LogP contribution in [0, 0.1) is 28.7 Å². The molecule has 1 aromatic carbocycles. The number of hydrogen-bond donors (Lipinski definition) is 1. The Kier molecular flexibility index (Phi) is 3.88. The van der Waals surface area contributed by atoms with Gasteiger partial charge in [-0.25, -0.2) is 13.8 Å². The van der Waals surface area contributed by atoms with Crippen LogP contribution in [0.5, 0.6) is 0 Å². The lowest BCUT2D eigenvalue weighted by molar-refractivity contribution is -0.384. The van der Waals surface area contributed by atoms with Gasteiger partial charge >= 0.3 is 5.69 Å². The SMILES string of the molecule is Cc1ccnc(NCc2ccc(F)c(F)c2)c1[N+](=O)[O-]. The Bertz CT molecular complexity index is 662. The average Bonchev–Trinajstić information content (AvgIpc) is 2.39. The molecule has 0 atom stereocenters. The number of hydrogen-bond acceptors (Lipinski definition) is 4. The molecule has 0 aliphatic rings. The van der Waals surface area contributed by atoms with Gasteiger partial charge in [-0.15, -0.1) is 0 Å². The maximum absolute atomic E-state index is 13.0. The minimum absolute atomic E-state index is 0.0970. The monoisotopic (exact) mass is 279 g/mol. The molecule has 2 rings (SSSR count). The van der Waals surface area contributed by atoms with Gasteiger partial charge in [-0.1, -0.05) is 6.07 Å². The summed E-state index contributed by atoms with van der Waals surface area (Å²) < 4.78 is 25.8. The second-order valence-electron chi connectivity index (χ2n) is 4.18. The minimum Gasteiger partial charge on any atom is -0.360 e. The number of aromatic nitrogens is 1. The van der Waals surface area contributed by atoms with E-state index in [9.17, 15) is 18.9 Å². The van der Waals surface area contributed by atoms with Crippen molar-refractivity contribution in [3.63, 3.8) is 0 Å². The molecule has 0 bridgehead atoms. The van der Waals surface area contributed by atoms with Crippen molar-refractivity contribution in [2.75, 3.05) is 5.32 Å². The summed E-state index contributed by atoms with van der Waals surface area (Å²) in [6.07, 6.45) is 1.44. The highest BCUT2D eigenvalue weighted by Gasteiger charge is 2.18. The number of anilines is 1. The number of aryl methyl sites for hydroxylation is 1. The Morgan fingerprint density at radius 2 is 2.05 bits per heavy atom. The van der Waals surface area contributed by atoms with Crippen molar-refractivity contribution in [3.05, 3.63) is 63.3 Å². The Balaban J connectivity index is 2.21. The molecule has 7 heteroatoms. The molecule has 0 saturated carbocycles. The standard InChI is InChI=1S/C13H11F2N3O2/c1-8-4-5-16-13(12(8)18(19)20)17-7-9-2-3-10(14)11(15)6-9/h2-6H,7H2,1H3,(H,16,17). The molecule has 0 radical (unpaired) electrons. The smallest absolute Gasteiger partial charge is 0.314 e. The quantitative estimate of drug-likeness (QED) is 0.689. The van der Waals surface area contributed by atoms with Crippen molar-refractivity contribution < 1.29 is 13.7 Å². The Morgan fingerprint density at radius 3 is 2.70 bits per heavy atom.